The lowest BCUT2D eigenvalue weighted by atomic mass is 9.77. The summed E-state index contributed by atoms with van der Waals surface area (Å²) in [6, 6.07) is -0.875. The summed E-state index contributed by atoms with van der Waals surface area (Å²) in [6.45, 7) is 11.8. The Bertz CT molecular complexity index is 963. The molecule has 3 aliphatic rings. The zero-order valence-corrected chi connectivity index (χ0v) is 25.1. The molecule has 3 rings (SSSR count). The summed E-state index contributed by atoms with van der Waals surface area (Å²) in [5.74, 6) is -2.91. The molecule has 1 saturated carbocycles. The summed E-state index contributed by atoms with van der Waals surface area (Å²) >= 11 is 0. The van der Waals surface area contributed by atoms with Gasteiger partial charge in [0.1, 0.15) is 12.1 Å². The third kappa shape index (κ3) is 8.98. The van der Waals surface area contributed by atoms with Crippen LogP contribution in [0.4, 0.5) is 0 Å². The number of ether oxygens (including phenoxy) is 3. The molecule has 8 atom stereocenters. The SMILES string of the molecule is C=CC(=C)[C@@H]1CC[C@@H](C)C(C(=O)C(=O)N2CCCC[C@H]2C(=O)OC[C@@H](CC(=O)O)[C@H](C)CC2CCC[C@H](OC)C2)O1. The molecule has 2 saturated heterocycles. The van der Waals surface area contributed by atoms with E-state index in [1.54, 1.807) is 13.2 Å². The van der Waals surface area contributed by atoms with Crippen molar-refractivity contribution in [2.24, 2.45) is 23.7 Å². The molecule has 2 unspecified atom stereocenters. The van der Waals surface area contributed by atoms with Gasteiger partial charge in [0.2, 0.25) is 5.78 Å². The number of likely N-dealkylation sites (tertiary alicyclic amines) is 1. The first kappa shape index (κ1) is 33.0. The number of carboxylic acid groups (broad SMARTS) is 1. The second kappa shape index (κ2) is 15.6. The van der Waals surface area contributed by atoms with Gasteiger partial charge < -0.3 is 24.2 Å². The fourth-order valence-corrected chi connectivity index (χ4v) is 6.67. The van der Waals surface area contributed by atoms with Gasteiger partial charge in [0.05, 0.1) is 25.2 Å². The lowest BCUT2D eigenvalue weighted by Crippen LogP contribution is -2.54. The van der Waals surface area contributed by atoms with Crippen LogP contribution in [0, 0.1) is 23.7 Å². The lowest BCUT2D eigenvalue weighted by molar-refractivity contribution is -0.166. The zero-order valence-electron chi connectivity index (χ0n) is 25.1. The summed E-state index contributed by atoms with van der Waals surface area (Å²) in [7, 11) is 1.73. The first-order valence-corrected chi connectivity index (χ1v) is 15.3. The Kier molecular flexibility index (Phi) is 12.6. The number of carbonyl (C=O) groups is 4. The van der Waals surface area contributed by atoms with Gasteiger partial charge in [-0.1, -0.05) is 45.9 Å². The number of amides is 1. The fraction of sp³-hybridized carbons (Fsp3) is 0.750. The van der Waals surface area contributed by atoms with Crippen LogP contribution in [0.15, 0.2) is 24.8 Å². The first-order valence-electron chi connectivity index (χ1n) is 15.3. The van der Waals surface area contributed by atoms with E-state index in [1.807, 2.05) is 13.8 Å². The zero-order chi connectivity index (χ0) is 30.1. The maximum absolute atomic E-state index is 13.4. The number of ketones is 1. The normalized spacial score (nSPS) is 30.1. The molecule has 9 nitrogen and oxygen atoms in total. The molecule has 0 spiro atoms. The molecule has 3 fully saturated rings. The van der Waals surface area contributed by atoms with E-state index < -0.39 is 35.8 Å². The largest absolute Gasteiger partial charge is 0.481 e. The molecule has 0 aromatic rings. The number of hydrogen-bond donors (Lipinski definition) is 1. The number of Topliss-reactive ketones (excluding diaryl/α,β-unsaturated/α-hetero) is 1. The van der Waals surface area contributed by atoms with E-state index >= 15 is 0 Å². The molecule has 0 bridgehead atoms. The Balaban J connectivity index is 1.63. The molecule has 0 radical (unpaired) electrons. The second-order valence-corrected chi connectivity index (χ2v) is 12.3. The third-order valence-electron chi connectivity index (χ3n) is 9.35. The Morgan fingerprint density at radius 2 is 1.85 bits per heavy atom. The van der Waals surface area contributed by atoms with E-state index in [4.69, 9.17) is 14.2 Å². The Morgan fingerprint density at radius 1 is 1.10 bits per heavy atom. The van der Waals surface area contributed by atoms with Gasteiger partial charge in [-0.15, -0.1) is 0 Å². The highest BCUT2D eigenvalue weighted by Gasteiger charge is 2.43. The molecule has 9 heteroatoms. The number of piperidine rings is 1. The Morgan fingerprint density at radius 3 is 2.54 bits per heavy atom. The fourth-order valence-electron chi connectivity index (χ4n) is 6.67. The number of hydrogen-bond acceptors (Lipinski definition) is 7. The number of carbonyl (C=O) groups excluding carboxylic acids is 3. The number of aliphatic carboxylic acids is 1. The number of carboxylic acids is 1. The highest BCUT2D eigenvalue weighted by molar-refractivity contribution is 6.38. The predicted molar refractivity (Wildman–Crippen MR) is 154 cm³/mol. The van der Waals surface area contributed by atoms with Crippen molar-refractivity contribution in [3.8, 4) is 0 Å². The van der Waals surface area contributed by atoms with Crippen molar-refractivity contribution in [3.63, 3.8) is 0 Å². The van der Waals surface area contributed by atoms with Crippen LogP contribution in [0.1, 0.15) is 84.5 Å². The maximum Gasteiger partial charge on any atom is 0.328 e. The van der Waals surface area contributed by atoms with Gasteiger partial charge in [0.15, 0.2) is 0 Å². The Hall–Kier alpha value is -2.52. The van der Waals surface area contributed by atoms with Gasteiger partial charge in [-0.05, 0) is 74.7 Å². The van der Waals surface area contributed by atoms with Gasteiger partial charge in [-0.3, -0.25) is 14.4 Å². The van der Waals surface area contributed by atoms with E-state index in [1.165, 1.54) is 4.90 Å². The molecule has 0 aromatic heterocycles. The summed E-state index contributed by atoms with van der Waals surface area (Å²) in [5, 5.41) is 9.55. The van der Waals surface area contributed by atoms with E-state index in [-0.39, 0.29) is 49.5 Å². The van der Waals surface area contributed by atoms with Crippen LogP contribution in [0.3, 0.4) is 0 Å². The topological polar surface area (TPSA) is 119 Å². The molecule has 2 aliphatic heterocycles. The summed E-state index contributed by atoms with van der Waals surface area (Å²) < 4.78 is 17.2. The van der Waals surface area contributed by atoms with Crippen LogP contribution in [-0.4, -0.2) is 78.3 Å². The monoisotopic (exact) mass is 575 g/mol. The summed E-state index contributed by atoms with van der Waals surface area (Å²) in [5.41, 5.74) is 0.675. The van der Waals surface area contributed by atoms with Crippen molar-refractivity contribution >= 4 is 23.6 Å². The molecule has 1 amide bonds. The van der Waals surface area contributed by atoms with Crippen LogP contribution < -0.4 is 0 Å². The standard InChI is InChI=1S/C32H49NO8/c1-6-20(2)27-14-13-21(3)30(41-27)29(36)31(37)33-15-8-7-12-26(33)32(38)40-19-24(18-28(34)35)22(4)16-23-10-9-11-25(17-23)39-5/h6,21-27,30H,1-2,7-19H2,3-5H3,(H,34,35)/t21-,22-,23?,24-,25+,26+,27+,30?/m1/s1. The molecule has 2 heterocycles. The van der Waals surface area contributed by atoms with Crippen molar-refractivity contribution in [3.05, 3.63) is 24.8 Å². The summed E-state index contributed by atoms with van der Waals surface area (Å²) in [6.07, 6.45) is 8.71. The second-order valence-electron chi connectivity index (χ2n) is 12.3. The average molecular weight is 576 g/mol. The molecular weight excluding hydrogens is 526 g/mol. The maximum atomic E-state index is 13.4. The molecule has 0 aromatic carbocycles. The number of methoxy groups -OCH3 is 1. The smallest absolute Gasteiger partial charge is 0.328 e. The quantitative estimate of drug-likeness (QED) is 0.190. The molecule has 230 valence electrons. The number of esters is 1. The minimum absolute atomic E-state index is 0.0344. The van der Waals surface area contributed by atoms with Crippen LogP contribution in [0.5, 0.6) is 0 Å². The first-order chi connectivity index (χ1) is 19.5. The number of nitrogens with zero attached hydrogens (tertiary/aromatic N) is 1. The Labute approximate surface area is 244 Å². The van der Waals surface area contributed by atoms with E-state index in [2.05, 4.69) is 13.2 Å². The third-order valence-corrected chi connectivity index (χ3v) is 9.35. The van der Waals surface area contributed by atoms with E-state index in [0.717, 1.165) is 38.5 Å². The van der Waals surface area contributed by atoms with Crippen LogP contribution in [-0.2, 0) is 33.4 Å². The van der Waals surface area contributed by atoms with Gasteiger partial charge in [-0.2, -0.15) is 0 Å². The van der Waals surface area contributed by atoms with Gasteiger partial charge >= 0.3 is 11.9 Å². The van der Waals surface area contributed by atoms with Crippen molar-refractivity contribution in [1.29, 1.82) is 0 Å². The molecule has 1 aliphatic carbocycles. The van der Waals surface area contributed by atoms with Crippen molar-refractivity contribution in [2.45, 2.75) is 109 Å². The van der Waals surface area contributed by atoms with Gasteiger partial charge in [-0.25, -0.2) is 4.79 Å². The highest BCUT2D eigenvalue weighted by Crippen LogP contribution is 2.34. The highest BCUT2D eigenvalue weighted by atomic mass is 16.5. The van der Waals surface area contributed by atoms with Crippen molar-refractivity contribution < 1.29 is 38.5 Å². The minimum atomic E-state index is -0.935. The average Bonchev–Trinajstić information content (AvgIpc) is 2.98. The van der Waals surface area contributed by atoms with Gasteiger partial charge in [0.25, 0.3) is 5.91 Å². The number of rotatable bonds is 13. The molecular formula is C32H49NO8. The van der Waals surface area contributed by atoms with Crippen LogP contribution >= 0.6 is 0 Å². The van der Waals surface area contributed by atoms with Crippen LogP contribution in [0.2, 0.25) is 0 Å². The van der Waals surface area contributed by atoms with Crippen molar-refractivity contribution in [2.75, 3.05) is 20.3 Å². The summed E-state index contributed by atoms with van der Waals surface area (Å²) in [4.78, 5) is 53.1. The predicted octanol–water partition coefficient (Wildman–Crippen LogP) is 4.73. The van der Waals surface area contributed by atoms with E-state index in [0.29, 0.717) is 37.2 Å². The van der Waals surface area contributed by atoms with Crippen LogP contribution in [0.25, 0.3) is 0 Å². The van der Waals surface area contributed by atoms with E-state index in [9.17, 15) is 24.3 Å². The molecule has 1 N–H and O–H groups in total. The minimum Gasteiger partial charge on any atom is -0.481 e. The molecule has 41 heavy (non-hydrogen) atoms. The lowest BCUT2D eigenvalue weighted by Gasteiger charge is -2.37. The van der Waals surface area contributed by atoms with Gasteiger partial charge in [0, 0.05) is 19.6 Å². The van der Waals surface area contributed by atoms with Crippen molar-refractivity contribution in [1.82, 2.24) is 4.90 Å².